The number of pyridine rings is 1. The number of carbonyl (C=O) groups excluding carboxylic acids is 1. The minimum absolute atomic E-state index is 0.157. The Balaban J connectivity index is 1.62. The lowest BCUT2D eigenvalue weighted by atomic mass is 10.2. The summed E-state index contributed by atoms with van der Waals surface area (Å²) < 4.78 is 5.86. The minimum Gasteiger partial charge on any atom is -0.457 e. The normalized spacial score (nSPS) is 17.0. The lowest BCUT2D eigenvalue weighted by molar-refractivity contribution is -0.121. The van der Waals surface area contributed by atoms with Crippen LogP contribution in [0.2, 0.25) is 10.0 Å². The van der Waals surface area contributed by atoms with Crippen molar-refractivity contribution >= 4 is 57.9 Å². The molecule has 5 nitrogen and oxygen atoms in total. The number of hydrogen-bond acceptors (Lipinski definition) is 5. The zero-order chi connectivity index (χ0) is 20.5. The fraction of sp³-hybridized carbons (Fsp3) is 0.0952. The number of aromatic nitrogens is 1. The van der Waals surface area contributed by atoms with Crippen LogP contribution in [-0.4, -0.2) is 28.0 Å². The molecule has 0 aliphatic carbocycles. The molecule has 1 amide bonds. The summed E-state index contributed by atoms with van der Waals surface area (Å²) in [5, 5.41) is 1.55. The highest BCUT2D eigenvalue weighted by Gasteiger charge is 2.31. The number of rotatable bonds is 3. The Labute approximate surface area is 182 Å². The number of aliphatic imine (C=N–C) groups is 1. The molecule has 0 bridgehead atoms. The van der Waals surface area contributed by atoms with E-state index in [1.807, 2.05) is 19.1 Å². The maximum atomic E-state index is 12.6. The van der Waals surface area contributed by atoms with E-state index in [4.69, 9.17) is 27.6 Å². The minimum atomic E-state index is -0.157. The van der Waals surface area contributed by atoms with Crippen molar-refractivity contribution in [2.24, 2.45) is 4.99 Å². The molecule has 0 unspecified atom stereocenters. The van der Waals surface area contributed by atoms with Crippen molar-refractivity contribution in [2.75, 3.05) is 7.05 Å². The smallest absolute Gasteiger partial charge is 0.266 e. The molecule has 0 atom stereocenters. The van der Waals surface area contributed by atoms with Crippen molar-refractivity contribution in [3.8, 4) is 11.3 Å². The van der Waals surface area contributed by atoms with Gasteiger partial charge in [-0.2, -0.15) is 0 Å². The van der Waals surface area contributed by atoms with Gasteiger partial charge in [0, 0.05) is 18.8 Å². The van der Waals surface area contributed by atoms with Gasteiger partial charge < -0.3 is 4.42 Å². The largest absolute Gasteiger partial charge is 0.457 e. The summed E-state index contributed by atoms with van der Waals surface area (Å²) in [5.41, 5.74) is 1.48. The van der Waals surface area contributed by atoms with Gasteiger partial charge >= 0.3 is 0 Å². The van der Waals surface area contributed by atoms with Crippen molar-refractivity contribution in [3.63, 3.8) is 0 Å². The summed E-state index contributed by atoms with van der Waals surface area (Å²) in [6.07, 6.45) is 1.68. The first-order valence-electron chi connectivity index (χ1n) is 8.66. The molecule has 1 saturated heterocycles. The molecule has 0 N–H and O–H groups in total. The Morgan fingerprint density at radius 3 is 2.55 bits per heavy atom. The summed E-state index contributed by atoms with van der Waals surface area (Å²) in [4.78, 5) is 23.5. The summed E-state index contributed by atoms with van der Waals surface area (Å²) in [6.45, 7) is 1.89. The number of hydrogen-bond donors (Lipinski definition) is 0. The van der Waals surface area contributed by atoms with Crippen molar-refractivity contribution in [1.82, 2.24) is 9.88 Å². The highest BCUT2D eigenvalue weighted by atomic mass is 35.5. The molecule has 1 aliphatic heterocycles. The average molecular weight is 444 g/mol. The van der Waals surface area contributed by atoms with Gasteiger partial charge in [-0.1, -0.05) is 35.3 Å². The van der Waals surface area contributed by atoms with Crippen LogP contribution in [0.5, 0.6) is 0 Å². The molecule has 1 fully saturated rings. The first-order chi connectivity index (χ1) is 13.9. The summed E-state index contributed by atoms with van der Waals surface area (Å²) in [6, 6.07) is 14.4. The Morgan fingerprint density at radius 2 is 1.83 bits per heavy atom. The predicted molar refractivity (Wildman–Crippen MR) is 119 cm³/mol. The van der Waals surface area contributed by atoms with Crippen LogP contribution in [0.4, 0.5) is 5.82 Å². The molecular weight excluding hydrogens is 429 g/mol. The molecule has 0 saturated carbocycles. The van der Waals surface area contributed by atoms with E-state index in [1.54, 1.807) is 49.5 Å². The topological polar surface area (TPSA) is 58.7 Å². The van der Waals surface area contributed by atoms with Crippen LogP contribution in [0.15, 0.2) is 62.8 Å². The van der Waals surface area contributed by atoms with E-state index in [0.29, 0.717) is 43.0 Å². The number of aryl methyl sites for hydroxylation is 1. The molecule has 4 rings (SSSR count). The van der Waals surface area contributed by atoms with Gasteiger partial charge in [0.1, 0.15) is 11.5 Å². The summed E-state index contributed by atoms with van der Waals surface area (Å²) >= 11 is 13.8. The number of halogens is 2. The number of carbonyl (C=O) groups is 1. The van der Waals surface area contributed by atoms with E-state index in [0.717, 1.165) is 5.69 Å². The number of benzene rings is 1. The molecule has 8 heteroatoms. The number of amides is 1. The highest BCUT2D eigenvalue weighted by Crippen LogP contribution is 2.37. The standard InChI is InChI=1S/C21H15Cl2N3O2S/c1-12-5-3-8-18(24-12)25-21-26(2)20(27)17(29-21)11-13-9-10-16(28-13)19-14(22)6-4-7-15(19)23/h3-11H,1-2H3/b17-11+,25-21+. The number of amidine groups is 1. The van der Waals surface area contributed by atoms with Crippen LogP contribution in [0.3, 0.4) is 0 Å². The van der Waals surface area contributed by atoms with E-state index in [2.05, 4.69) is 9.98 Å². The fourth-order valence-corrected chi connectivity index (χ4v) is 4.31. The monoisotopic (exact) mass is 443 g/mol. The molecule has 3 aromatic rings. The van der Waals surface area contributed by atoms with Gasteiger partial charge in [-0.15, -0.1) is 0 Å². The van der Waals surface area contributed by atoms with Crippen molar-refractivity contribution in [2.45, 2.75) is 6.92 Å². The van der Waals surface area contributed by atoms with Crippen LogP contribution >= 0.6 is 35.0 Å². The third-order valence-electron chi connectivity index (χ3n) is 4.20. The summed E-state index contributed by atoms with van der Waals surface area (Å²) in [7, 11) is 1.68. The van der Waals surface area contributed by atoms with Gasteiger partial charge in [-0.3, -0.25) is 9.69 Å². The first kappa shape index (κ1) is 19.8. The lowest BCUT2D eigenvalue weighted by Gasteiger charge is -2.06. The van der Waals surface area contributed by atoms with Gasteiger partial charge in [0.25, 0.3) is 5.91 Å². The molecule has 1 aromatic carbocycles. The van der Waals surface area contributed by atoms with Crippen LogP contribution in [0, 0.1) is 6.92 Å². The lowest BCUT2D eigenvalue weighted by Crippen LogP contribution is -2.23. The zero-order valence-corrected chi connectivity index (χ0v) is 17.8. The van der Waals surface area contributed by atoms with Gasteiger partial charge in [0.2, 0.25) is 0 Å². The van der Waals surface area contributed by atoms with E-state index in [-0.39, 0.29) is 5.91 Å². The molecule has 1 aliphatic rings. The highest BCUT2D eigenvalue weighted by molar-refractivity contribution is 8.18. The van der Waals surface area contributed by atoms with Gasteiger partial charge in [-0.25, -0.2) is 9.98 Å². The van der Waals surface area contributed by atoms with Gasteiger partial charge in [0.05, 0.1) is 20.5 Å². The third-order valence-corrected chi connectivity index (χ3v) is 5.89. The Kier molecular flexibility index (Phi) is 5.50. The van der Waals surface area contributed by atoms with E-state index in [1.165, 1.54) is 16.7 Å². The maximum Gasteiger partial charge on any atom is 0.266 e. The molecule has 2 aromatic heterocycles. The average Bonchev–Trinajstić information content (AvgIpc) is 3.23. The van der Waals surface area contributed by atoms with E-state index >= 15 is 0 Å². The maximum absolute atomic E-state index is 12.6. The van der Waals surface area contributed by atoms with Crippen LogP contribution in [-0.2, 0) is 4.79 Å². The quantitative estimate of drug-likeness (QED) is 0.452. The number of likely N-dealkylation sites (N-methyl/N-ethyl adjacent to an activating group) is 1. The van der Waals surface area contributed by atoms with Crippen molar-refractivity contribution in [3.05, 3.63) is 74.9 Å². The Morgan fingerprint density at radius 1 is 1.10 bits per heavy atom. The first-order valence-corrected chi connectivity index (χ1v) is 10.2. The molecule has 146 valence electrons. The number of nitrogens with zero attached hydrogens (tertiary/aromatic N) is 3. The second kappa shape index (κ2) is 8.06. The zero-order valence-electron chi connectivity index (χ0n) is 15.5. The molecular formula is C21H15Cl2N3O2S. The van der Waals surface area contributed by atoms with E-state index in [9.17, 15) is 4.79 Å². The Hall–Kier alpha value is -2.54. The fourth-order valence-electron chi connectivity index (χ4n) is 2.77. The number of furan rings is 1. The van der Waals surface area contributed by atoms with Crippen molar-refractivity contribution < 1.29 is 9.21 Å². The van der Waals surface area contributed by atoms with Crippen LogP contribution in [0.25, 0.3) is 17.4 Å². The second-order valence-electron chi connectivity index (χ2n) is 6.31. The third kappa shape index (κ3) is 4.10. The van der Waals surface area contributed by atoms with Crippen LogP contribution in [0.1, 0.15) is 11.5 Å². The SMILES string of the molecule is Cc1cccc(/N=C2/S/C(=C/c3ccc(-c4c(Cl)cccc4Cl)o3)C(=O)N2C)n1. The van der Waals surface area contributed by atoms with Crippen LogP contribution < -0.4 is 0 Å². The molecule has 0 radical (unpaired) electrons. The molecule has 0 spiro atoms. The van der Waals surface area contributed by atoms with Crippen molar-refractivity contribution in [1.29, 1.82) is 0 Å². The van der Waals surface area contributed by atoms with Gasteiger partial charge in [0.15, 0.2) is 11.0 Å². The molecule has 3 heterocycles. The Bertz CT molecular complexity index is 1150. The second-order valence-corrected chi connectivity index (χ2v) is 8.13. The molecule has 29 heavy (non-hydrogen) atoms. The van der Waals surface area contributed by atoms with Gasteiger partial charge in [-0.05, 0) is 55.1 Å². The van der Waals surface area contributed by atoms with E-state index < -0.39 is 0 Å². The number of thioether (sulfide) groups is 1. The summed E-state index contributed by atoms with van der Waals surface area (Å²) in [5.74, 6) is 1.46. The predicted octanol–water partition coefficient (Wildman–Crippen LogP) is 6.19.